The topological polar surface area (TPSA) is 59.4 Å². The Hall–Kier alpha value is -1.96. The highest BCUT2D eigenvalue weighted by Crippen LogP contribution is 2.26. The van der Waals surface area contributed by atoms with Crippen LogP contribution in [0.2, 0.25) is 0 Å². The van der Waals surface area contributed by atoms with Crippen LogP contribution < -0.4 is 4.87 Å². The Morgan fingerprint density at radius 1 is 1.12 bits per heavy atom. The van der Waals surface area contributed by atoms with E-state index in [1.807, 2.05) is 45.0 Å². The molecule has 138 valence electrons. The van der Waals surface area contributed by atoms with Crippen molar-refractivity contribution in [2.45, 2.75) is 38.3 Å². The summed E-state index contributed by atoms with van der Waals surface area (Å²) in [4.78, 5) is 12.3. The van der Waals surface area contributed by atoms with Gasteiger partial charge in [-0.2, -0.15) is 4.31 Å². The summed E-state index contributed by atoms with van der Waals surface area (Å²) in [5.74, 6) is 0. The average Bonchev–Trinajstić information content (AvgIpc) is 2.91. The summed E-state index contributed by atoms with van der Waals surface area (Å²) in [6, 6.07) is 12.7. The van der Waals surface area contributed by atoms with E-state index in [9.17, 15) is 13.2 Å². The molecule has 3 aromatic rings. The molecule has 0 radical (unpaired) electrons. The second kappa shape index (κ2) is 6.98. The molecule has 1 heterocycles. The van der Waals surface area contributed by atoms with Crippen molar-refractivity contribution in [3.8, 4) is 0 Å². The molecule has 0 aliphatic carbocycles. The SMILES string of the molecule is Cc1ccc(CN(C)S(=O)(=O)c2ccc3c(c2)sc(=O)n3C(C)C)cc1. The predicted molar refractivity (Wildman–Crippen MR) is 106 cm³/mol. The van der Waals surface area contributed by atoms with Crippen LogP contribution in [0.3, 0.4) is 0 Å². The number of aromatic nitrogens is 1. The zero-order valence-corrected chi connectivity index (χ0v) is 16.9. The Labute approximate surface area is 157 Å². The minimum atomic E-state index is -3.63. The molecule has 1 aromatic heterocycles. The van der Waals surface area contributed by atoms with E-state index in [1.165, 1.54) is 4.31 Å². The first kappa shape index (κ1) is 18.8. The van der Waals surface area contributed by atoms with E-state index in [0.717, 1.165) is 28.0 Å². The van der Waals surface area contributed by atoms with Crippen molar-refractivity contribution in [3.05, 3.63) is 63.3 Å². The van der Waals surface area contributed by atoms with E-state index >= 15 is 0 Å². The van der Waals surface area contributed by atoms with E-state index in [4.69, 9.17) is 0 Å². The molecule has 3 rings (SSSR count). The Morgan fingerprint density at radius 3 is 2.38 bits per heavy atom. The number of aryl methyl sites for hydroxylation is 1. The summed E-state index contributed by atoms with van der Waals surface area (Å²) in [5.41, 5.74) is 2.84. The van der Waals surface area contributed by atoms with Crippen molar-refractivity contribution >= 4 is 31.6 Å². The third kappa shape index (κ3) is 3.47. The van der Waals surface area contributed by atoms with Crippen molar-refractivity contribution < 1.29 is 8.42 Å². The fraction of sp³-hybridized carbons (Fsp3) is 0.316. The molecule has 0 fully saturated rings. The van der Waals surface area contributed by atoms with Gasteiger partial charge in [0.2, 0.25) is 10.0 Å². The molecule has 0 saturated carbocycles. The predicted octanol–water partition coefficient (Wildman–Crippen LogP) is 3.77. The standard InChI is InChI=1S/C19H22N2O3S2/c1-13(2)21-17-10-9-16(11-18(17)25-19(21)22)26(23,24)20(4)12-15-7-5-14(3)6-8-15/h5-11,13H,12H2,1-4H3. The number of fused-ring (bicyclic) bond motifs is 1. The smallest absolute Gasteiger partial charge is 0.296 e. The molecule has 26 heavy (non-hydrogen) atoms. The Kier molecular flexibility index (Phi) is 5.05. The number of hydrogen-bond acceptors (Lipinski definition) is 4. The van der Waals surface area contributed by atoms with Gasteiger partial charge < -0.3 is 0 Å². The second-order valence-electron chi connectivity index (χ2n) is 6.71. The van der Waals surface area contributed by atoms with Gasteiger partial charge in [0.05, 0.1) is 15.1 Å². The minimum Gasteiger partial charge on any atom is -0.296 e. The van der Waals surface area contributed by atoms with Crippen LogP contribution in [0.4, 0.5) is 0 Å². The van der Waals surface area contributed by atoms with Crippen molar-refractivity contribution in [2.24, 2.45) is 0 Å². The van der Waals surface area contributed by atoms with Gasteiger partial charge in [-0.15, -0.1) is 0 Å². The Morgan fingerprint density at radius 2 is 1.77 bits per heavy atom. The van der Waals surface area contributed by atoms with Crippen molar-refractivity contribution in [1.82, 2.24) is 8.87 Å². The minimum absolute atomic E-state index is 0.0305. The van der Waals surface area contributed by atoms with Gasteiger partial charge in [-0.3, -0.25) is 9.36 Å². The highest BCUT2D eigenvalue weighted by molar-refractivity contribution is 7.89. The quantitative estimate of drug-likeness (QED) is 0.666. The molecule has 0 N–H and O–H groups in total. The molecule has 0 aliphatic heterocycles. The van der Waals surface area contributed by atoms with Gasteiger partial charge in [0.25, 0.3) is 0 Å². The molecule has 5 nitrogen and oxygen atoms in total. The average molecular weight is 391 g/mol. The van der Waals surface area contributed by atoms with Gasteiger partial charge in [-0.1, -0.05) is 41.2 Å². The third-order valence-electron chi connectivity index (χ3n) is 4.34. The molecule has 0 aliphatic rings. The van der Waals surface area contributed by atoms with Crippen LogP contribution in [0, 0.1) is 6.92 Å². The summed E-state index contributed by atoms with van der Waals surface area (Å²) in [6.45, 7) is 6.17. The van der Waals surface area contributed by atoms with Crippen LogP contribution in [-0.4, -0.2) is 24.3 Å². The van der Waals surface area contributed by atoms with E-state index in [-0.39, 0.29) is 15.8 Å². The fourth-order valence-electron chi connectivity index (χ4n) is 2.88. The lowest BCUT2D eigenvalue weighted by atomic mass is 10.1. The van der Waals surface area contributed by atoms with Crippen LogP contribution in [0.1, 0.15) is 31.0 Å². The molecule has 0 atom stereocenters. The number of sulfonamides is 1. The van der Waals surface area contributed by atoms with Gasteiger partial charge >= 0.3 is 4.87 Å². The molecule has 0 amide bonds. The van der Waals surface area contributed by atoms with E-state index in [2.05, 4.69) is 0 Å². The maximum Gasteiger partial charge on any atom is 0.308 e. The molecule has 0 unspecified atom stereocenters. The van der Waals surface area contributed by atoms with E-state index in [1.54, 1.807) is 29.8 Å². The normalized spacial score (nSPS) is 12.4. The second-order valence-corrected chi connectivity index (χ2v) is 9.75. The zero-order chi connectivity index (χ0) is 19.1. The lowest BCUT2D eigenvalue weighted by Gasteiger charge is -2.17. The maximum atomic E-state index is 12.9. The van der Waals surface area contributed by atoms with Crippen molar-refractivity contribution in [3.63, 3.8) is 0 Å². The summed E-state index contributed by atoms with van der Waals surface area (Å²) in [5, 5.41) is 0. The largest absolute Gasteiger partial charge is 0.308 e. The van der Waals surface area contributed by atoms with Crippen LogP contribution >= 0.6 is 11.3 Å². The van der Waals surface area contributed by atoms with Crippen molar-refractivity contribution in [2.75, 3.05) is 7.05 Å². The van der Waals surface area contributed by atoms with E-state index < -0.39 is 10.0 Å². The molecule has 7 heteroatoms. The van der Waals surface area contributed by atoms with Crippen LogP contribution in [0.15, 0.2) is 52.2 Å². The van der Waals surface area contributed by atoms with Gasteiger partial charge in [-0.25, -0.2) is 8.42 Å². The first-order valence-corrected chi connectivity index (χ1v) is 10.6. The highest BCUT2D eigenvalue weighted by Gasteiger charge is 2.22. The molecule has 2 aromatic carbocycles. The Balaban J connectivity index is 1.96. The summed E-state index contributed by atoms with van der Waals surface area (Å²) in [6.07, 6.45) is 0. The lowest BCUT2D eigenvalue weighted by Crippen LogP contribution is -2.26. The summed E-state index contributed by atoms with van der Waals surface area (Å²) < 4.78 is 29.5. The van der Waals surface area contributed by atoms with Gasteiger partial charge in [-0.05, 0) is 44.5 Å². The third-order valence-corrected chi connectivity index (χ3v) is 7.05. The lowest BCUT2D eigenvalue weighted by molar-refractivity contribution is 0.467. The molecular weight excluding hydrogens is 368 g/mol. The van der Waals surface area contributed by atoms with Gasteiger partial charge in [0, 0.05) is 19.6 Å². The van der Waals surface area contributed by atoms with Gasteiger partial charge in [0.1, 0.15) is 0 Å². The monoisotopic (exact) mass is 390 g/mol. The summed E-state index contributed by atoms with van der Waals surface area (Å²) >= 11 is 1.08. The molecule has 0 bridgehead atoms. The van der Waals surface area contributed by atoms with Gasteiger partial charge in [0.15, 0.2) is 0 Å². The molecular formula is C19H22N2O3S2. The van der Waals surface area contributed by atoms with Crippen molar-refractivity contribution in [1.29, 1.82) is 0 Å². The number of hydrogen-bond donors (Lipinski definition) is 0. The first-order valence-electron chi connectivity index (χ1n) is 8.37. The molecule has 0 spiro atoms. The molecule has 0 saturated heterocycles. The number of benzene rings is 2. The van der Waals surface area contributed by atoms with Crippen LogP contribution in [0.5, 0.6) is 0 Å². The zero-order valence-electron chi connectivity index (χ0n) is 15.3. The van der Waals surface area contributed by atoms with E-state index in [0.29, 0.717) is 11.2 Å². The Bertz CT molecular complexity index is 1090. The van der Waals surface area contributed by atoms with Crippen LogP contribution in [0.25, 0.3) is 10.2 Å². The first-order chi connectivity index (χ1) is 12.2. The fourth-order valence-corrected chi connectivity index (χ4v) is 5.19. The van der Waals surface area contributed by atoms with Crippen LogP contribution in [-0.2, 0) is 16.6 Å². The highest BCUT2D eigenvalue weighted by atomic mass is 32.2. The number of rotatable bonds is 5. The maximum absolute atomic E-state index is 12.9. The summed E-state index contributed by atoms with van der Waals surface area (Å²) in [7, 11) is -2.06. The number of nitrogens with zero attached hydrogens (tertiary/aromatic N) is 2. The number of thiazole rings is 1.